The van der Waals surface area contributed by atoms with Crippen molar-refractivity contribution < 1.29 is 24.2 Å². The first-order valence-corrected chi connectivity index (χ1v) is 7.59. The van der Waals surface area contributed by atoms with Crippen molar-refractivity contribution in [2.75, 3.05) is 37.8 Å². The van der Waals surface area contributed by atoms with E-state index in [1.165, 1.54) is 18.7 Å². The first kappa shape index (κ1) is 16.8. The van der Waals surface area contributed by atoms with Crippen LogP contribution in [0, 0.1) is 0 Å². The van der Waals surface area contributed by atoms with Crippen LogP contribution in [0.25, 0.3) is 0 Å². The van der Waals surface area contributed by atoms with Crippen molar-refractivity contribution in [2.45, 2.75) is 19.4 Å². The second-order valence-electron chi connectivity index (χ2n) is 4.43. The Bertz CT molecular complexity index is 358. The fraction of sp³-hybridized carbons (Fsp3) is 0.750. The molecule has 0 bridgehead atoms. The normalized spacial score (nSPS) is 16.6. The van der Waals surface area contributed by atoms with Gasteiger partial charge in [0.1, 0.15) is 6.04 Å². The molecule has 7 nitrogen and oxygen atoms in total. The average molecular weight is 304 g/mol. The van der Waals surface area contributed by atoms with Crippen LogP contribution in [-0.4, -0.2) is 71.6 Å². The summed E-state index contributed by atoms with van der Waals surface area (Å²) >= 11 is 1.38. The molecule has 0 aromatic heterocycles. The molecule has 1 rings (SSSR count). The van der Waals surface area contributed by atoms with Crippen LogP contribution in [0.15, 0.2) is 0 Å². The van der Waals surface area contributed by atoms with Crippen LogP contribution in [-0.2, 0) is 19.1 Å². The molecule has 1 atom stereocenters. The van der Waals surface area contributed by atoms with Gasteiger partial charge in [-0.2, -0.15) is 11.8 Å². The first-order valence-electron chi connectivity index (χ1n) is 6.44. The van der Waals surface area contributed by atoms with Gasteiger partial charge >= 0.3 is 5.97 Å². The van der Waals surface area contributed by atoms with Crippen LogP contribution in [0.2, 0.25) is 0 Å². The number of ether oxygens (including phenoxy) is 1. The molecular formula is C12H20N2O5S. The predicted molar refractivity (Wildman–Crippen MR) is 74.6 cm³/mol. The molecule has 0 saturated carbocycles. The Labute approximate surface area is 122 Å². The number of morpholine rings is 1. The molecular weight excluding hydrogens is 284 g/mol. The Hall–Kier alpha value is -1.28. The van der Waals surface area contributed by atoms with E-state index in [1.54, 1.807) is 4.90 Å². The molecule has 1 fully saturated rings. The summed E-state index contributed by atoms with van der Waals surface area (Å²) in [7, 11) is 0. The number of carboxylic acid groups (broad SMARTS) is 1. The van der Waals surface area contributed by atoms with Crippen molar-refractivity contribution in [3.63, 3.8) is 0 Å². The second-order valence-corrected chi connectivity index (χ2v) is 5.53. The molecule has 1 heterocycles. The standard InChI is InChI=1S/C12H20N2O5S/c1-9(15)13-10(12(17)18)2-7-20-8-11(16)14-3-5-19-6-4-14/h10H,2-8H2,1H3,(H,13,15)(H,17,18). The summed E-state index contributed by atoms with van der Waals surface area (Å²) in [5.41, 5.74) is 0. The van der Waals surface area contributed by atoms with Gasteiger partial charge in [-0.05, 0) is 12.2 Å². The Morgan fingerprint density at radius 1 is 1.35 bits per heavy atom. The highest BCUT2D eigenvalue weighted by molar-refractivity contribution is 7.99. The van der Waals surface area contributed by atoms with Crippen molar-refractivity contribution in [1.82, 2.24) is 10.2 Å². The number of aliphatic carboxylic acids is 1. The van der Waals surface area contributed by atoms with Gasteiger partial charge < -0.3 is 20.1 Å². The zero-order valence-electron chi connectivity index (χ0n) is 11.5. The average Bonchev–Trinajstić information content (AvgIpc) is 2.42. The third-order valence-corrected chi connectivity index (χ3v) is 3.79. The van der Waals surface area contributed by atoms with Crippen molar-refractivity contribution in [1.29, 1.82) is 0 Å². The fourth-order valence-electron chi connectivity index (χ4n) is 1.77. The molecule has 8 heteroatoms. The van der Waals surface area contributed by atoms with Crippen LogP contribution >= 0.6 is 11.8 Å². The number of amides is 2. The SMILES string of the molecule is CC(=O)NC(CCSCC(=O)N1CCOCC1)C(=O)O. The van der Waals surface area contributed by atoms with E-state index < -0.39 is 12.0 Å². The van der Waals surface area contributed by atoms with E-state index in [-0.39, 0.29) is 11.8 Å². The summed E-state index contributed by atoms with van der Waals surface area (Å²) in [6.45, 7) is 3.65. The maximum atomic E-state index is 11.8. The topological polar surface area (TPSA) is 95.9 Å². The lowest BCUT2D eigenvalue weighted by molar-refractivity contribution is -0.141. The van der Waals surface area contributed by atoms with Crippen LogP contribution in [0.3, 0.4) is 0 Å². The summed E-state index contributed by atoms with van der Waals surface area (Å²) in [5.74, 6) is -0.545. The quantitative estimate of drug-likeness (QED) is 0.619. The number of nitrogens with zero attached hydrogens (tertiary/aromatic N) is 1. The molecule has 114 valence electrons. The van der Waals surface area contributed by atoms with Crippen LogP contribution in [0.4, 0.5) is 0 Å². The number of hydrogen-bond donors (Lipinski definition) is 2. The van der Waals surface area contributed by atoms with Crippen LogP contribution in [0.1, 0.15) is 13.3 Å². The molecule has 2 N–H and O–H groups in total. The zero-order valence-corrected chi connectivity index (χ0v) is 12.3. The predicted octanol–water partition coefficient (Wildman–Crippen LogP) is -0.442. The van der Waals surface area contributed by atoms with Gasteiger partial charge in [-0.25, -0.2) is 4.79 Å². The zero-order chi connectivity index (χ0) is 15.0. The van der Waals surface area contributed by atoms with Crippen molar-refractivity contribution in [3.8, 4) is 0 Å². The minimum atomic E-state index is -1.06. The van der Waals surface area contributed by atoms with Gasteiger partial charge in [0.25, 0.3) is 0 Å². The lowest BCUT2D eigenvalue weighted by Crippen LogP contribution is -2.42. The Morgan fingerprint density at radius 3 is 2.55 bits per heavy atom. The summed E-state index contributed by atoms with van der Waals surface area (Å²) in [6.07, 6.45) is 0.302. The maximum Gasteiger partial charge on any atom is 0.326 e. The van der Waals surface area contributed by atoms with Crippen molar-refractivity contribution >= 4 is 29.5 Å². The van der Waals surface area contributed by atoms with E-state index in [9.17, 15) is 14.4 Å². The summed E-state index contributed by atoms with van der Waals surface area (Å²) in [6, 6.07) is -0.890. The first-order chi connectivity index (χ1) is 9.50. The molecule has 0 spiro atoms. The number of carbonyl (C=O) groups is 3. The van der Waals surface area contributed by atoms with Gasteiger partial charge in [0.05, 0.1) is 19.0 Å². The van der Waals surface area contributed by atoms with Crippen LogP contribution in [0.5, 0.6) is 0 Å². The van der Waals surface area contributed by atoms with Crippen molar-refractivity contribution in [2.24, 2.45) is 0 Å². The third kappa shape index (κ3) is 6.25. The smallest absolute Gasteiger partial charge is 0.326 e. The molecule has 2 amide bonds. The molecule has 1 aliphatic rings. The number of thioether (sulfide) groups is 1. The molecule has 20 heavy (non-hydrogen) atoms. The largest absolute Gasteiger partial charge is 0.480 e. The summed E-state index contributed by atoms with van der Waals surface area (Å²) in [4.78, 5) is 35.3. The Balaban J connectivity index is 2.20. The minimum absolute atomic E-state index is 0.0460. The number of carbonyl (C=O) groups excluding carboxylic acids is 2. The monoisotopic (exact) mass is 304 g/mol. The van der Waals surface area contributed by atoms with Gasteiger partial charge in [0, 0.05) is 20.0 Å². The van der Waals surface area contributed by atoms with Gasteiger partial charge in [0.15, 0.2) is 0 Å². The molecule has 0 aliphatic carbocycles. The highest BCUT2D eigenvalue weighted by Crippen LogP contribution is 2.08. The fourth-order valence-corrected chi connectivity index (χ4v) is 2.67. The van der Waals surface area contributed by atoms with E-state index in [2.05, 4.69) is 5.32 Å². The van der Waals surface area contributed by atoms with E-state index in [0.29, 0.717) is 44.2 Å². The van der Waals surface area contributed by atoms with E-state index in [0.717, 1.165) is 0 Å². The second kappa shape index (κ2) is 8.80. The molecule has 1 unspecified atom stereocenters. The number of nitrogens with one attached hydrogen (secondary N) is 1. The Morgan fingerprint density at radius 2 is 2.00 bits per heavy atom. The third-order valence-electron chi connectivity index (χ3n) is 2.82. The molecule has 1 aliphatic heterocycles. The summed E-state index contributed by atoms with van der Waals surface area (Å²) in [5, 5.41) is 11.3. The van der Waals surface area contributed by atoms with E-state index >= 15 is 0 Å². The lowest BCUT2D eigenvalue weighted by Gasteiger charge is -2.26. The lowest BCUT2D eigenvalue weighted by atomic mass is 10.2. The molecule has 1 saturated heterocycles. The number of rotatable bonds is 7. The van der Waals surface area contributed by atoms with Crippen LogP contribution < -0.4 is 5.32 Å². The Kier molecular flexibility index (Phi) is 7.38. The highest BCUT2D eigenvalue weighted by atomic mass is 32.2. The van der Waals surface area contributed by atoms with Gasteiger partial charge in [-0.3, -0.25) is 9.59 Å². The van der Waals surface area contributed by atoms with E-state index in [4.69, 9.17) is 9.84 Å². The maximum absolute atomic E-state index is 11.8. The number of hydrogen-bond acceptors (Lipinski definition) is 5. The minimum Gasteiger partial charge on any atom is -0.480 e. The summed E-state index contributed by atoms with van der Waals surface area (Å²) < 4.78 is 5.16. The van der Waals surface area contributed by atoms with E-state index in [1.807, 2.05) is 0 Å². The van der Waals surface area contributed by atoms with Gasteiger partial charge in [0.2, 0.25) is 11.8 Å². The highest BCUT2D eigenvalue weighted by Gasteiger charge is 2.19. The molecule has 0 radical (unpaired) electrons. The molecule has 0 aromatic carbocycles. The van der Waals surface area contributed by atoms with Gasteiger partial charge in [-0.15, -0.1) is 0 Å². The van der Waals surface area contributed by atoms with Crippen molar-refractivity contribution in [3.05, 3.63) is 0 Å². The van der Waals surface area contributed by atoms with Gasteiger partial charge in [-0.1, -0.05) is 0 Å². The molecule has 0 aromatic rings. The number of carboxylic acids is 1.